The lowest BCUT2D eigenvalue weighted by atomic mass is 10.1. The molecule has 0 aliphatic heterocycles. The molecule has 0 unspecified atom stereocenters. The van der Waals surface area contributed by atoms with Crippen molar-refractivity contribution in [3.63, 3.8) is 0 Å². The fourth-order valence-electron chi connectivity index (χ4n) is 3.39. The van der Waals surface area contributed by atoms with E-state index in [1.165, 1.54) is 30.5 Å². The highest BCUT2D eigenvalue weighted by Gasteiger charge is 2.16. The first-order chi connectivity index (χ1) is 12.3. The molecule has 0 saturated carbocycles. The summed E-state index contributed by atoms with van der Waals surface area (Å²) in [5.74, 6) is -0.0873. The quantitative estimate of drug-likeness (QED) is 0.641. The summed E-state index contributed by atoms with van der Waals surface area (Å²) in [7, 11) is 0. The normalized spacial score (nSPS) is 13.9. The summed E-state index contributed by atoms with van der Waals surface area (Å²) in [6.07, 6.45) is 9.33. The van der Waals surface area contributed by atoms with E-state index >= 15 is 0 Å². The van der Waals surface area contributed by atoms with Gasteiger partial charge in [0.05, 0.1) is 18.4 Å². The molecule has 0 spiro atoms. The Morgan fingerprint density at radius 3 is 2.96 bits per heavy atom. The van der Waals surface area contributed by atoms with Gasteiger partial charge in [0.2, 0.25) is 0 Å². The van der Waals surface area contributed by atoms with Gasteiger partial charge in [0.1, 0.15) is 0 Å². The van der Waals surface area contributed by atoms with Gasteiger partial charge in [-0.05, 0) is 48.9 Å². The Kier molecular flexibility index (Phi) is 4.33. The number of carbonyl (C=O) groups is 1. The van der Waals surface area contributed by atoms with Gasteiger partial charge in [0.15, 0.2) is 0 Å². The third kappa shape index (κ3) is 3.33. The standard InChI is InChI=1S/C19H21N5O/c25-19(14-6-4-5-13(9-14)15-10-21-22-11-15)20-12-18-16-7-2-1-3-8-17(16)23-24-18/h4-6,9-11H,1-3,7-8,12H2,(H,20,25)(H,21,22)(H,23,24). The molecule has 0 atom stereocenters. The third-order valence-corrected chi connectivity index (χ3v) is 4.76. The number of nitrogens with zero attached hydrogens (tertiary/aromatic N) is 2. The zero-order valence-corrected chi connectivity index (χ0v) is 14.0. The van der Waals surface area contributed by atoms with Crippen molar-refractivity contribution in [3.05, 3.63) is 59.2 Å². The van der Waals surface area contributed by atoms with Crippen molar-refractivity contribution in [1.29, 1.82) is 0 Å². The summed E-state index contributed by atoms with van der Waals surface area (Å²) in [6.45, 7) is 0.459. The summed E-state index contributed by atoms with van der Waals surface area (Å²) >= 11 is 0. The second-order valence-corrected chi connectivity index (χ2v) is 6.44. The van der Waals surface area contributed by atoms with Crippen LogP contribution in [0.25, 0.3) is 11.1 Å². The Morgan fingerprint density at radius 1 is 1.16 bits per heavy atom. The van der Waals surface area contributed by atoms with Crippen LogP contribution in [0.15, 0.2) is 36.7 Å². The topological polar surface area (TPSA) is 86.5 Å². The second-order valence-electron chi connectivity index (χ2n) is 6.44. The van der Waals surface area contributed by atoms with E-state index in [4.69, 9.17) is 0 Å². The summed E-state index contributed by atoms with van der Waals surface area (Å²) in [6, 6.07) is 7.56. The van der Waals surface area contributed by atoms with Gasteiger partial charge in [-0.3, -0.25) is 15.0 Å². The molecule has 2 heterocycles. The van der Waals surface area contributed by atoms with Crippen LogP contribution in [0, 0.1) is 0 Å². The summed E-state index contributed by atoms with van der Waals surface area (Å²) in [5, 5.41) is 17.3. The number of nitrogens with one attached hydrogen (secondary N) is 3. The highest BCUT2D eigenvalue weighted by atomic mass is 16.1. The van der Waals surface area contributed by atoms with Crippen LogP contribution >= 0.6 is 0 Å². The molecule has 128 valence electrons. The van der Waals surface area contributed by atoms with Gasteiger partial charge in [0, 0.05) is 23.0 Å². The number of aryl methyl sites for hydroxylation is 1. The van der Waals surface area contributed by atoms with Crippen molar-refractivity contribution in [2.24, 2.45) is 0 Å². The first-order valence-corrected chi connectivity index (χ1v) is 8.73. The van der Waals surface area contributed by atoms with E-state index in [1.807, 2.05) is 30.5 Å². The Bertz CT molecular complexity index is 866. The van der Waals surface area contributed by atoms with Gasteiger partial charge >= 0.3 is 0 Å². The fraction of sp³-hybridized carbons (Fsp3) is 0.316. The molecule has 1 aliphatic carbocycles. The first kappa shape index (κ1) is 15.6. The zero-order valence-electron chi connectivity index (χ0n) is 14.0. The molecule has 6 nitrogen and oxygen atoms in total. The van der Waals surface area contributed by atoms with Gasteiger partial charge in [-0.1, -0.05) is 18.6 Å². The minimum absolute atomic E-state index is 0.0873. The molecule has 6 heteroatoms. The molecule has 2 aromatic heterocycles. The van der Waals surface area contributed by atoms with Crippen LogP contribution in [-0.2, 0) is 19.4 Å². The second kappa shape index (κ2) is 6.93. The average molecular weight is 335 g/mol. The molecule has 25 heavy (non-hydrogen) atoms. The maximum absolute atomic E-state index is 12.5. The van der Waals surface area contributed by atoms with Crippen molar-refractivity contribution in [2.75, 3.05) is 0 Å². The predicted octanol–water partition coefficient (Wildman–Crippen LogP) is 3.00. The average Bonchev–Trinajstić information content (AvgIpc) is 3.25. The van der Waals surface area contributed by atoms with Crippen LogP contribution in [0.5, 0.6) is 0 Å². The van der Waals surface area contributed by atoms with E-state index in [0.717, 1.165) is 29.7 Å². The summed E-state index contributed by atoms with van der Waals surface area (Å²) in [5.41, 5.74) is 6.08. The Morgan fingerprint density at radius 2 is 2.08 bits per heavy atom. The summed E-state index contributed by atoms with van der Waals surface area (Å²) in [4.78, 5) is 12.5. The van der Waals surface area contributed by atoms with Crippen LogP contribution in [0.3, 0.4) is 0 Å². The number of aromatic amines is 2. The number of H-pyrrole nitrogens is 2. The smallest absolute Gasteiger partial charge is 0.251 e. The van der Waals surface area contributed by atoms with E-state index < -0.39 is 0 Å². The van der Waals surface area contributed by atoms with Crippen LogP contribution in [0.4, 0.5) is 0 Å². The predicted molar refractivity (Wildman–Crippen MR) is 95.0 cm³/mol. The molecule has 0 radical (unpaired) electrons. The molecule has 1 aliphatic rings. The van der Waals surface area contributed by atoms with Crippen LogP contribution < -0.4 is 5.32 Å². The monoisotopic (exact) mass is 335 g/mol. The molecule has 3 aromatic rings. The zero-order chi connectivity index (χ0) is 17.1. The number of hydrogen-bond donors (Lipinski definition) is 3. The van der Waals surface area contributed by atoms with Gasteiger partial charge in [0.25, 0.3) is 5.91 Å². The van der Waals surface area contributed by atoms with E-state index in [1.54, 1.807) is 6.20 Å². The third-order valence-electron chi connectivity index (χ3n) is 4.76. The molecule has 3 N–H and O–H groups in total. The van der Waals surface area contributed by atoms with Crippen LogP contribution in [0.1, 0.15) is 46.6 Å². The number of aromatic nitrogens is 4. The molecular weight excluding hydrogens is 314 g/mol. The van der Waals surface area contributed by atoms with Crippen LogP contribution in [0.2, 0.25) is 0 Å². The van der Waals surface area contributed by atoms with Crippen molar-refractivity contribution in [3.8, 4) is 11.1 Å². The van der Waals surface area contributed by atoms with E-state index in [0.29, 0.717) is 12.1 Å². The number of fused-ring (bicyclic) bond motifs is 1. The van der Waals surface area contributed by atoms with E-state index in [9.17, 15) is 4.79 Å². The lowest BCUT2D eigenvalue weighted by Gasteiger charge is -2.07. The minimum Gasteiger partial charge on any atom is -0.346 e. The Labute approximate surface area is 146 Å². The van der Waals surface area contributed by atoms with Gasteiger partial charge < -0.3 is 5.32 Å². The number of rotatable bonds is 4. The molecule has 0 fully saturated rings. The number of amides is 1. The number of carbonyl (C=O) groups excluding carboxylic acids is 1. The Balaban J connectivity index is 1.46. The highest BCUT2D eigenvalue weighted by molar-refractivity contribution is 5.95. The van der Waals surface area contributed by atoms with Crippen molar-refractivity contribution >= 4 is 5.91 Å². The van der Waals surface area contributed by atoms with E-state index in [-0.39, 0.29) is 5.91 Å². The van der Waals surface area contributed by atoms with Crippen molar-refractivity contribution < 1.29 is 4.79 Å². The van der Waals surface area contributed by atoms with Crippen LogP contribution in [-0.4, -0.2) is 26.3 Å². The van der Waals surface area contributed by atoms with Gasteiger partial charge in [-0.2, -0.15) is 10.2 Å². The number of benzene rings is 1. The highest BCUT2D eigenvalue weighted by Crippen LogP contribution is 2.22. The minimum atomic E-state index is -0.0873. The molecule has 1 aromatic carbocycles. The molecule has 0 saturated heterocycles. The van der Waals surface area contributed by atoms with Gasteiger partial charge in [-0.15, -0.1) is 0 Å². The van der Waals surface area contributed by atoms with Gasteiger partial charge in [-0.25, -0.2) is 0 Å². The molecular formula is C19H21N5O. The maximum atomic E-state index is 12.5. The SMILES string of the molecule is O=C(NCc1n[nH]c2c1CCCCC2)c1cccc(-c2cn[nH]c2)c1. The summed E-state index contributed by atoms with van der Waals surface area (Å²) < 4.78 is 0. The maximum Gasteiger partial charge on any atom is 0.251 e. The van der Waals surface area contributed by atoms with E-state index in [2.05, 4.69) is 25.7 Å². The first-order valence-electron chi connectivity index (χ1n) is 8.73. The molecule has 0 bridgehead atoms. The Hall–Kier alpha value is -2.89. The van der Waals surface area contributed by atoms with Crippen molar-refractivity contribution in [1.82, 2.24) is 25.7 Å². The van der Waals surface area contributed by atoms with Crippen molar-refractivity contribution in [2.45, 2.75) is 38.6 Å². The largest absolute Gasteiger partial charge is 0.346 e. The lowest BCUT2D eigenvalue weighted by molar-refractivity contribution is 0.0950. The number of hydrogen-bond acceptors (Lipinski definition) is 3. The molecule has 1 amide bonds. The lowest BCUT2D eigenvalue weighted by Crippen LogP contribution is -2.23. The fourth-order valence-corrected chi connectivity index (χ4v) is 3.39. The molecule has 4 rings (SSSR count).